The predicted octanol–water partition coefficient (Wildman–Crippen LogP) is 3.31. The van der Waals surface area contributed by atoms with E-state index in [1.165, 1.54) is 12.8 Å². The van der Waals surface area contributed by atoms with Gasteiger partial charge in [-0.25, -0.2) is 4.99 Å². The third-order valence-corrected chi connectivity index (χ3v) is 4.28. The summed E-state index contributed by atoms with van der Waals surface area (Å²) < 4.78 is 5.95. The van der Waals surface area contributed by atoms with E-state index in [9.17, 15) is 4.79 Å². The van der Waals surface area contributed by atoms with Gasteiger partial charge in [0.15, 0.2) is 5.96 Å². The van der Waals surface area contributed by atoms with Crippen LogP contribution in [0.3, 0.4) is 0 Å². The van der Waals surface area contributed by atoms with Crippen LogP contribution < -0.4 is 20.7 Å². The van der Waals surface area contributed by atoms with Gasteiger partial charge in [-0.1, -0.05) is 39.0 Å². The van der Waals surface area contributed by atoms with E-state index in [2.05, 4.69) is 27.0 Å². The van der Waals surface area contributed by atoms with Gasteiger partial charge in [-0.2, -0.15) is 0 Å². The van der Waals surface area contributed by atoms with Gasteiger partial charge in [-0.3, -0.25) is 4.79 Å². The second-order valence-corrected chi connectivity index (χ2v) is 7.99. The lowest BCUT2D eigenvalue weighted by Gasteiger charge is -2.18. The molecule has 0 radical (unpaired) electrons. The molecule has 28 heavy (non-hydrogen) atoms. The first-order chi connectivity index (χ1) is 12.9. The summed E-state index contributed by atoms with van der Waals surface area (Å²) in [5.41, 5.74) is 0.708. The highest BCUT2D eigenvalue weighted by Gasteiger charge is 2.22. The third kappa shape index (κ3) is 9.12. The lowest BCUT2D eigenvalue weighted by molar-refractivity contribution is -0.128. The molecule has 1 fully saturated rings. The van der Waals surface area contributed by atoms with Crippen LogP contribution in [0, 0.1) is 11.3 Å². The van der Waals surface area contributed by atoms with Crippen LogP contribution in [0.1, 0.15) is 46.1 Å². The van der Waals surface area contributed by atoms with Crippen molar-refractivity contribution in [1.82, 2.24) is 16.0 Å². The highest BCUT2D eigenvalue weighted by Crippen LogP contribution is 2.30. The van der Waals surface area contributed by atoms with Crippen LogP contribution in [0.5, 0.6) is 5.75 Å². The molecule has 0 aromatic heterocycles. The standard InChI is InChI=1S/C21H34N4O2.HI/c1-5-22-20(24-13-12-23-19(26)21(2,3)4)25-14-17-8-6-7-9-18(17)27-15-16-10-11-16;/h6-9,16H,5,10-15H2,1-4H3,(H,23,26)(H2,22,24,25);1H. The van der Waals surface area contributed by atoms with Crippen molar-refractivity contribution < 1.29 is 9.53 Å². The average molecular weight is 502 g/mol. The number of nitrogens with zero attached hydrogens (tertiary/aromatic N) is 1. The van der Waals surface area contributed by atoms with Crippen molar-refractivity contribution in [2.75, 3.05) is 26.2 Å². The molecule has 1 aliphatic carbocycles. The first-order valence-corrected chi connectivity index (χ1v) is 9.91. The zero-order chi connectivity index (χ0) is 19.7. The molecule has 0 heterocycles. The normalized spacial score (nSPS) is 14.1. The van der Waals surface area contributed by atoms with Crippen LogP contribution in [0.2, 0.25) is 0 Å². The highest BCUT2D eigenvalue weighted by molar-refractivity contribution is 14.0. The molecule has 0 spiro atoms. The molecular formula is C21H35IN4O2. The van der Waals surface area contributed by atoms with Gasteiger partial charge in [0.05, 0.1) is 13.2 Å². The van der Waals surface area contributed by atoms with E-state index in [0.29, 0.717) is 19.6 Å². The molecular weight excluding hydrogens is 467 g/mol. The number of para-hydroxylation sites is 1. The van der Waals surface area contributed by atoms with E-state index in [4.69, 9.17) is 4.74 Å². The lowest BCUT2D eigenvalue weighted by Crippen LogP contribution is -2.43. The van der Waals surface area contributed by atoms with E-state index in [-0.39, 0.29) is 35.3 Å². The van der Waals surface area contributed by atoms with Crippen molar-refractivity contribution in [3.05, 3.63) is 29.8 Å². The fraction of sp³-hybridized carbons (Fsp3) is 0.619. The fourth-order valence-corrected chi connectivity index (χ4v) is 2.40. The second-order valence-electron chi connectivity index (χ2n) is 7.99. The molecule has 1 aliphatic rings. The van der Waals surface area contributed by atoms with Gasteiger partial charge >= 0.3 is 0 Å². The van der Waals surface area contributed by atoms with Gasteiger partial charge in [-0.05, 0) is 31.7 Å². The minimum atomic E-state index is -0.372. The van der Waals surface area contributed by atoms with E-state index in [0.717, 1.165) is 36.3 Å². The molecule has 0 aliphatic heterocycles. The number of ether oxygens (including phenoxy) is 1. The van der Waals surface area contributed by atoms with Crippen LogP contribution in [0.4, 0.5) is 0 Å². The highest BCUT2D eigenvalue weighted by atomic mass is 127. The Morgan fingerprint density at radius 1 is 1.14 bits per heavy atom. The Labute approximate surface area is 186 Å². The number of carbonyl (C=O) groups excluding carboxylic acids is 1. The average Bonchev–Trinajstić information content (AvgIpc) is 3.45. The number of amides is 1. The minimum Gasteiger partial charge on any atom is -0.493 e. The van der Waals surface area contributed by atoms with Gasteiger partial charge in [0.25, 0.3) is 0 Å². The zero-order valence-electron chi connectivity index (χ0n) is 17.5. The molecule has 1 aromatic carbocycles. The first-order valence-electron chi connectivity index (χ1n) is 9.91. The molecule has 0 atom stereocenters. The van der Waals surface area contributed by atoms with Gasteiger partial charge in [0, 0.05) is 30.6 Å². The van der Waals surface area contributed by atoms with Crippen molar-refractivity contribution >= 4 is 35.8 Å². The number of halogens is 1. The summed E-state index contributed by atoms with van der Waals surface area (Å²) in [6.45, 7) is 11.1. The maximum Gasteiger partial charge on any atom is 0.225 e. The van der Waals surface area contributed by atoms with Crippen molar-refractivity contribution in [3.63, 3.8) is 0 Å². The molecule has 6 nitrogen and oxygen atoms in total. The number of nitrogens with one attached hydrogen (secondary N) is 3. The molecule has 0 saturated heterocycles. The Bertz CT molecular complexity index is 640. The summed E-state index contributed by atoms with van der Waals surface area (Å²) in [6.07, 6.45) is 2.56. The summed E-state index contributed by atoms with van der Waals surface area (Å²) in [6, 6.07) is 8.07. The molecule has 1 aromatic rings. The van der Waals surface area contributed by atoms with Gasteiger partial charge in [-0.15, -0.1) is 24.0 Å². The molecule has 1 saturated carbocycles. The molecule has 7 heteroatoms. The molecule has 1 amide bonds. The summed E-state index contributed by atoms with van der Waals surface area (Å²) in [4.78, 5) is 16.6. The Kier molecular flexibility index (Phi) is 10.6. The SMILES string of the molecule is CCNC(=NCc1ccccc1OCC1CC1)NCCNC(=O)C(C)(C)C.I. The molecule has 0 unspecified atom stereocenters. The van der Waals surface area contributed by atoms with Crippen molar-refractivity contribution in [3.8, 4) is 5.75 Å². The maximum atomic E-state index is 11.9. The molecule has 0 bridgehead atoms. The number of rotatable bonds is 9. The third-order valence-electron chi connectivity index (χ3n) is 4.28. The van der Waals surface area contributed by atoms with E-state index in [1.807, 2.05) is 45.9 Å². The predicted molar refractivity (Wildman–Crippen MR) is 125 cm³/mol. The Morgan fingerprint density at radius 2 is 1.82 bits per heavy atom. The largest absolute Gasteiger partial charge is 0.493 e. The quantitative estimate of drug-likeness (QED) is 0.210. The van der Waals surface area contributed by atoms with Crippen LogP contribution in [-0.2, 0) is 11.3 Å². The minimum absolute atomic E-state index is 0. The summed E-state index contributed by atoms with van der Waals surface area (Å²) in [7, 11) is 0. The number of aliphatic imine (C=N–C) groups is 1. The van der Waals surface area contributed by atoms with E-state index in [1.54, 1.807) is 0 Å². The van der Waals surface area contributed by atoms with Crippen LogP contribution in [0.25, 0.3) is 0 Å². The van der Waals surface area contributed by atoms with Gasteiger partial charge in [0.2, 0.25) is 5.91 Å². The van der Waals surface area contributed by atoms with Crippen molar-refractivity contribution in [2.24, 2.45) is 16.3 Å². The van der Waals surface area contributed by atoms with Crippen LogP contribution in [-0.4, -0.2) is 38.1 Å². The summed E-state index contributed by atoms with van der Waals surface area (Å²) in [5, 5.41) is 9.43. The topological polar surface area (TPSA) is 74.8 Å². The Balaban J connectivity index is 0.00000392. The fourth-order valence-electron chi connectivity index (χ4n) is 2.40. The van der Waals surface area contributed by atoms with Crippen LogP contribution >= 0.6 is 24.0 Å². The number of benzene rings is 1. The number of hydrogen-bond acceptors (Lipinski definition) is 3. The second kappa shape index (κ2) is 12.1. The monoisotopic (exact) mass is 502 g/mol. The number of carbonyl (C=O) groups is 1. The molecule has 158 valence electrons. The smallest absolute Gasteiger partial charge is 0.225 e. The van der Waals surface area contributed by atoms with E-state index >= 15 is 0 Å². The molecule has 3 N–H and O–H groups in total. The van der Waals surface area contributed by atoms with Gasteiger partial charge in [0.1, 0.15) is 5.75 Å². The molecule has 2 rings (SSSR count). The summed E-state index contributed by atoms with van der Waals surface area (Å²) >= 11 is 0. The van der Waals surface area contributed by atoms with Crippen LogP contribution in [0.15, 0.2) is 29.3 Å². The van der Waals surface area contributed by atoms with Gasteiger partial charge < -0.3 is 20.7 Å². The number of hydrogen-bond donors (Lipinski definition) is 3. The Hall–Kier alpha value is -1.51. The van der Waals surface area contributed by atoms with E-state index < -0.39 is 0 Å². The first kappa shape index (κ1) is 24.5. The van der Waals surface area contributed by atoms with Crippen molar-refractivity contribution in [1.29, 1.82) is 0 Å². The zero-order valence-corrected chi connectivity index (χ0v) is 19.8. The Morgan fingerprint density at radius 3 is 2.46 bits per heavy atom. The number of guanidine groups is 1. The maximum absolute atomic E-state index is 11.9. The lowest BCUT2D eigenvalue weighted by atomic mass is 9.96. The summed E-state index contributed by atoms with van der Waals surface area (Å²) in [5.74, 6) is 2.43. The van der Waals surface area contributed by atoms with Crippen molar-refractivity contribution in [2.45, 2.75) is 47.1 Å².